The van der Waals surface area contributed by atoms with Gasteiger partial charge < -0.3 is 10.1 Å². The lowest BCUT2D eigenvalue weighted by Gasteiger charge is -2.20. The molecule has 1 saturated carbocycles. The first kappa shape index (κ1) is 14.3. The summed E-state index contributed by atoms with van der Waals surface area (Å²) in [4.78, 5) is 4.76. The average molecular weight is 284 g/mol. The number of rotatable bonds is 5. The first-order chi connectivity index (χ1) is 10.3. The lowest BCUT2D eigenvalue weighted by atomic mass is 10.00. The molecule has 0 saturated heterocycles. The zero-order valence-corrected chi connectivity index (χ0v) is 12.9. The maximum atomic E-state index is 5.41. The highest BCUT2D eigenvalue weighted by molar-refractivity contribution is 5.84. The zero-order chi connectivity index (χ0) is 14.7. The van der Waals surface area contributed by atoms with Crippen molar-refractivity contribution in [3.63, 3.8) is 0 Å². The van der Waals surface area contributed by atoms with Crippen molar-refractivity contribution in [1.29, 1.82) is 0 Å². The van der Waals surface area contributed by atoms with Crippen LogP contribution in [-0.4, -0.2) is 18.1 Å². The van der Waals surface area contributed by atoms with E-state index in [1.165, 1.54) is 25.7 Å². The van der Waals surface area contributed by atoms with Crippen molar-refractivity contribution < 1.29 is 4.74 Å². The summed E-state index contributed by atoms with van der Waals surface area (Å²) in [6.45, 7) is 3.13. The number of methoxy groups -OCH3 is 1. The van der Waals surface area contributed by atoms with E-state index < -0.39 is 0 Å². The van der Waals surface area contributed by atoms with Gasteiger partial charge in [0.25, 0.3) is 0 Å². The Morgan fingerprint density at radius 2 is 2.05 bits per heavy atom. The minimum atomic E-state index is 0.572. The highest BCUT2D eigenvalue weighted by Gasteiger charge is 2.20. The van der Waals surface area contributed by atoms with Crippen molar-refractivity contribution in [3.8, 4) is 5.75 Å². The van der Waals surface area contributed by atoms with Crippen LogP contribution in [0.4, 0.5) is 0 Å². The van der Waals surface area contributed by atoms with Crippen LogP contribution in [0.2, 0.25) is 0 Å². The van der Waals surface area contributed by atoms with Gasteiger partial charge in [-0.1, -0.05) is 31.0 Å². The summed E-state index contributed by atoms with van der Waals surface area (Å²) >= 11 is 0. The molecule has 21 heavy (non-hydrogen) atoms. The summed E-state index contributed by atoms with van der Waals surface area (Å²) in [6.07, 6.45) is 5.52. The number of hydrogen-bond donors (Lipinski definition) is 1. The van der Waals surface area contributed by atoms with Gasteiger partial charge in [-0.25, -0.2) is 4.98 Å². The molecule has 1 atom stereocenters. The second-order valence-electron chi connectivity index (χ2n) is 6.05. The second-order valence-corrected chi connectivity index (χ2v) is 6.05. The number of para-hydroxylation sites is 1. The minimum Gasteiger partial charge on any atom is -0.494 e. The van der Waals surface area contributed by atoms with Crippen LogP contribution in [0.1, 0.15) is 38.3 Å². The van der Waals surface area contributed by atoms with Crippen LogP contribution in [0.3, 0.4) is 0 Å². The lowest BCUT2D eigenvalue weighted by Crippen LogP contribution is -2.32. The van der Waals surface area contributed by atoms with Crippen molar-refractivity contribution in [2.24, 2.45) is 5.92 Å². The van der Waals surface area contributed by atoms with E-state index in [0.717, 1.165) is 34.8 Å². The molecule has 112 valence electrons. The molecule has 3 rings (SSSR count). The van der Waals surface area contributed by atoms with Crippen LogP contribution in [0, 0.1) is 5.92 Å². The fraction of sp³-hybridized carbons (Fsp3) is 0.500. The molecule has 3 heteroatoms. The Morgan fingerprint density at radius 1 is 1.24 bits per heavy atom. The molecule has 0 radical (unpaired) electrons. The molecule has 1 fully saturated rings. The summed E-state index contributed by atoms with van der Waals surface area (Å²) in [5, 5.41) is 4.77. The number of ether oxygens (including phenoxy) is 1. The summed E-state index contributed by atoms with van der Waals surface area (Å²) < 4.78 is 5.41. The van der Waals surface area contributed by atoms with Gasteiger partial charge in [0.2, 0.25) is 0 Å². The van der Waals surface area contributed by atoms with Crippen LogP contribution >= 0.6 is 0 Å². The standard InChI is InChI=1S/C18H24N2O/c1-13(14-6-3-4-7-14)19-12-16-11-10-15-8-5-9-17(21-2)18(15)20-16/h5,8-11,13-14,19H,3-4,6-7,12H2,1-2H3/t13-/m0/s1. The van der Waals surface area contributed by atoms with Crippen LogP contribution < -0.4 is 10.1 Å². The Morgan fingerprint density at radius 3 is 2.81 bits per heavy atom. The van der Waals surface area contributed by atoms with Gasteiger partial charge in [-0.2, -0.15) is 0 Å². The molecular formula is C18H24N2O. The number of nitrogens with zero attached hydrogens (tertiary/aromatic N) is 1. The maximum absolute atomic E-state index is 5.41. The van der Waals surface area contributed by atoms with Crippen molar-refractivity contribution in [1.82, 2.24) is 10.3 Å². The highest BCUT2D eigenvalue weighted by atomic mass is 16.5. The summed E-state index contributed by atoms with van der Waals surface area (Å²) in [5.41, 5.74) is 2.03. The molecule has 1 aromatic heterocycles. The van der Waals surface area contributed by atoms with E-state index in [1.807, 2.05) is 12.1 Å². The van der Waals surface area contributed by atoms with Crippen LogP contribution in [0.15, 0.2) is 30.3 Å². The van der Waals surface area contributed by atoms with Crippen LogP contribution in [0.25, 0.3) is 10.9 Å². The Labute approximate surface area is 126 Å². The third kappa shape index (κ3) is 3.18. The van der Waals surface area contributed by atoms with E-state index >= 15 is 0 Å². The number of nitrogens with one attached hydrogen (secondary N) is 1. The first-order valence-corrected chi connectivity index (χ1v) is 7.94. The SMILES string of the molecule is COc1cccc2ccc(CN[C@@H](C)C3CCCC3)nc12. The predicted molar refractivity (Wildman–Crippen MR) is 86.6 cm³/mol. The number of hydrogen-bond acceptors (Lipinski definition) is 3. The van der Waals surface area contributed by atoms with Crippen molar-refractivity contribution in [2.75, 3.05) is 7.11 Å². The molecular weight excluding hydrogens is 260 g/mol. The molecule has 2 aromatic rings. The van der Waals surface area contributed by atoms with Crippen molar-refractivity contribution in [3.05, 3.63) is 36.0 Å². The Balaban J connectivity index is 1.72. The van der Waals surface area contributed by atoms with E-state index in [0.29, 0.717) is 6.04 Å². The zero-order valence-electron chi connectivity index (χ0n) is 12.9. The van der Waals surface area contributed by atoms with Gasteiger partial charge in [0.1, 0.15) is 11.3 Å². The van der Waals surface area contributed by atoms with Gasteiger partial charge >= 0.3 is 0 Å². The van der Waals surface area contributed by atoms with Gasteiger partial charge in [0.15, 0.2) is 0 Å². The Hall–Kier alpha value is -1.61. The van der Waals surface area contributed by atoms with E-state index in [9.17, 15) is 0 Å². The van der Waals surface area contributed by atoms with Crippen LogP contribution in [0.5, 0.6) is 5.75 Å². The molecule has 0 bridgehead atoms. The van der Waals surface area contributed by atoms with E-state index in [-0.39, 0.29) is 0 Å². The molecule has 1 aliphatic carbocycles. The van der Waals surface area contributed by atoms with Gasteiger partial charge in [-0.05, 0) is 37.8 Å². The monoisotopic (exact) mass is 284 g/mol. The fourth-order valence-electron chi connectivity index (χ4n) is 3.31. The molecule has 1 heterocycles. The van der Waals surface area contributed by atoms with Crippen LogP contribution in [-0.2, 0) is 6.54 Å². The largest absolute Gasteiger partial charge is 0.494 e. The highest BCUT2D eigenvalue weighted by Crippen LogP contribution is 2.28. The molecule has 1 aromatic carbocycles. The molecule has 0 spiro atoms. The molecule has 1 N–H and O–H groups in total. The van der Waals surface area contributed by atoms with E-state index in [4.69, 9.17) is 9.72 Å². The molecule has 1 aliphatic rings. The van der Waals surface area contributed by atoms with Gasteiger partial charge in [-0.15, -0.1) is 0 Å². The second kappa shape index (κ2) is 6.44. The molecule has 0 amide bonds. The smallest absolute Gasteiger partial charge is 0.145 e. The summed E-state index contributed by atoms with van der Waals surface area (Å²) in [5.74, 6) is 1.68. The molecule has 3 nitrogen and oxygen atoms in total. The number of pyridine rings is 1. The Bertz CT molecular complexity index is 605. The number of fused-ring (bicyclic) bond motifs is 1. The van der Waals surface area contributed by atoms with Gasteiger partial charge in [-0.3, -0.25) is 0 Å². The van der Waals surface area contributed by atoms with Crippen molar-refractivity contribution >= 4 is 10.9 Å². The quantitative estimate of drug-likeness (QED) is 0.904. The van der Waals surface area contributed by atoms with Gasteiger partial charge in [0.05, 0.1) is 12.8 Å². The van der Waals surface area contributed by atoms with Crippen molar-refractivity contribution in [2.45, 2.75) is 45.2 Å². The Kier molecular flexibility index (Phi) is 4.39. The number of aromatic nitrogens is 1. The van der Waals surface area contributed by atoms with Gasteiger partial charge in [0, 0.05) is 18.0 Å². The predicted octanol–water partition coefficient (Wildman–Crippen LogP) is 3.91. The average Bonchev–Trinajstić information content (AvgIpc) is 3.06. The minimum absolute atomic E-state index is 0.572. The summed E-state index contributed by atoms with van der Waals surface area (Å²) in [6, 6.07) is 10.8. The molecule has 0 unspecified atom stereocenters. The summed E-state index contributed by atoms with van der Waals surface area (Å²) in [7, 11) is 1.70. The third-order valence-corrected chi connectivity index (χ3v) is 4.67. The lowest BCUT2D eigenvalue weighted by molar-refractivity contribution is 0.379. The number of benzene rings is 1. The van der Waals surface area contributed by atoms with E-state index in [1.54, 1.807) is 7.11 Å². The first-order valence-electron chi connectivity index (χ1n) is 7.94. The maximum Gasteiger partial charge on any atom is 0.145 e. The normalized spacial score (nSPS) is 17.2. The molecule has 0 aliphatic heterocycles. The third-order valence-electron chi connectivity index (χ3n) is 4.67. The van der Waals surface area contributed by atoms with E-state index in [2.05, 4.69) is 30.4 Å². The fourth-order valence-corrected chi connectivity index (χ4v) is 3.31. The topological polar surface area (TPSA) is 34.1 Å².